The number of aromatic carboxylic acids is 1. The second-order valence-electron chi connectivity index (χ2n) is 4.28. The van der Waals surface area contributed by atoms with Crippen LogP contribution in [0.15, 0.2) is 18.2 Å². The number of nitrogens with zero attached hydrogens (tertiary/aromatic N) is 1. The third-order valence-corrected chi connectivity index (χ3v) is 3.74. The van der Waals surface area contributed by atoms with Crippen LogP contribution in [0.4, 0.5) is 11.4 Å². The molecule has 0 saturated carbocycles. The summed E-state index contributed by atoms with van der Waals surface area (Å²) in [5, 5.41) is 9.05. The van der Waals surface area contributed by atoms with Gasteiger partial charge in [0.05, 0.1) is 16.9 Å². The van der Waals surface area contributed by atoms with Crippen molar-refractivity contribution >= 4 is 29.1 Å². The standard InChI is InChI=1S/C13H20N2O2S/c1-9(7-8-18-3)15(2)11-6-4-5-10(12(11)14)13(16)17/h4-6,9H,7-8,14H2,1-3H3,(H,16,17). The Morgan fingerprint density at radius 1 is 1.56 bits per heavy atom. The minimum atomic E-state index is -0.987. The predicted molar refractivity (Wildman–Crippen MR) is 78.7 cm³/mol. The zero-order valence-electron chi connectivity index (χ0n) is 11.0. The van der Waals surface area contributed by atoms with E-state index >= 15 is 0 Å². The van der Waals surface area contributed by atoms with E-state index in [1.54, 1.807) is 17.8 Å². The Bertz CT molecular complexity index is 423. The molecule has 0 heterocycles. The number of rotatable bonds is 6. The molecule has 3 N–H and O–H groups in total. The zero-order valence-corrected chi connectivity index (χ0v) is 11.8. The normalized spacial score (nSPS) is 12.2. The second-order valence-corrected chi connectivity index (χ2v) is 5.27. The number of hydrogen-bond acceptors (Lipinski definition) is 4. The van der Waals surface area contributed by atoms with E-state index in [-0.39, 0.29) is 5.56 Å². The van der Waals surface area contributed by atoms with Crippen LogP contribution in [-0.4, -0.2) is 36.2 Å². The van der Waals surface area contributed by atoms with Crippen LogP contribution in [-0.2, 0) is 0 Å². The lowest BCUT2D eigenvalue weighted by atomic mass is 10.1. The third kappa shape index (κ3) is 3.32. The molecule has 1 rings (SSSR count). The average Bonchev–Trinajstić information content (AvgIpc) is 2.35. The Morgan fingerprint density at radius 2 is 2.22 bits per heavy atom. The van der Waals surface area contributed by atoms with Crippen molar-refractivity contribution in [1.29, 1.82) is 0 Å². The highest BCUT2D eigenvalue weighted by Crippen LogP contribution is 2.28. The van der Waals surface area contributed by atoms with E-state index in [0.29, 0.717) is 11.7 Å². The summed E-state index contributed by atoms with van der Waals surface area (Å²) < 4.78 is 0. The summed E-state index contributed by atoms with van der Waals surface area (Å²) in [4.78, 5) is 13.1. The van der Waals surface area contributed by atoms with E-state index in [1.807, 2.05) is 18.0 Å². The molecule has 0 aliphatic rings. The van der Waals surface area contributed by atoms with E-state index in [1.165, 1.54) is 6.07 Å². The molecular weight excluding hydrogens is 248 g/mol. The number of thioether (sulfide) groups is 1. The Balaban J connectivity index is 2.95. The summed E-state index contributed by atoms with van der Waals surface area (Å²) in [5.41, 5.74) is 7.20. The van der Waals surface area contributed by atoms with Gasteiger partial charge in [-0.05, 0) is 37.5 Å². The molecule has 18 heavy (non-hydrogen) atoms. The first kappa shape index (κ1) is 14.7. The highest BCUT2D eigenvalue weighted by atomic mass is 32.2. The smallest absolute Gasteiger partial charge is 0.337 e. The Hall–Kier alpha value is -1.36. The lowest BCUT2D eigenvalue weighted by Crippen LogP contribution is -2.30. The molecule has 5 heteroatoms. The van der Waals surface area contributed by atoms with Crippen LogP contribution in [0, 0.1) is 0 Å². The summed E-state index contributed by atoms with van der Waals surface area (Å²) in [7, 11) is 1.95. The van der Waals surface area contributed by atoms with Gasteiger partial charge in [0, 0.05) is 13.1 Å². The van der Waals surface area contributed by atoms with Crippen LogP contribution < -0.4 is 10.6 Å². The molecule has 100 valence electrons. The van der Waals surface area contributed by atoms with Crippen molar-refractivity contribution < 1.29 is 9.90 Å². The molecule has 0 aliphatic heterocycles. The minimum Gasteiger partial charge on any atom is -0.478 e. The first-order chi connectivity index (χ1) is 8.49. The number of carbonyl (C=O) groups is 1. The Labute approximate surface area is 112 Å². The minimum absolute atomic E-state index is 0.163. The van der Waals surface area contributed by atoms with Crippen molar-refractivity contribution in [3.8, 4) is 0 Å². The fourth-order valence-electron chi connectivity index (χ4n) is 1.77. The van der Waals surface area contributed by atoms with E-state index < -0.39 is 5.97 Å². The molecule has 0 bridgehead atoms. The molecule has 4 nitrogen and oxygen atoms in total. The molecule has 0 radical (unpaired) electrons. The fourth-order valence-corrected chi connectivity index (χ4v) is 2.34. The number of carboxylic acid groups (broad SMARTS) is 1. The summed E-state index contributed by atoms with van der Waals surface area (Å²) >= 11 is 1.80. The summed E-state index contributed by atoms with van der Waals surface area (Å²) in [6.45, 7) is 2.11. The summed E-state index contributed by atoms with van der Waals surface area (Å²) in [6.07, 6.45) is 3.11. The number of benzene rings is 1. The lowest BCUT2D eigenvalue weighted by Gasteiger charge is -2.28. The van der Waals surface area contributed by atoms with Gasteiger partial charge in [0.25, 0.3) is 0 Å². The molecule has 1 atom stereocenters. The maximum Gasteiger partial charge on any atom is 0.337 e. The number of nitrogens with two attached hydrogens (primary N) is 1. The van der Waals surface area contributed by atoms with Crippen LogP contribution in [0.1, 0.15) is 23.7 Å². The van der Waals surface area contributed by atoms with E-state index in [2.05, 4.69) is 13.2 Å². The highest BCUT2D eigenvalue weighted by molar-refractivity contribution is 7.98. The van der Waals surface area contributed by atoms with Gasteiger partial charge in [-0.25, -0.2) is 4.79 Å². The van der Waals surface area contributed by atoms with Crippen LogP contribution in [0.2, 0.25) is 0 Å². The van der Waals surface area contributed by atoms with E-state index in [0.717, 1.165) is 17.9 Å². The van der Waals surface area contributed by atoms with Crippen molar-refractivity contribution in [2.24, 2.45) is 0 Å². The Morgan fingerprint density at radius 3 is 2.78 bits per heavy atom. The zero-order chi connectivity index (χ0) is 13.7. The number of anilines is 2. The van der Waals surface area contributed by atoms with Gasteiger partial charge >= 0.3 is 5.97 Å². The first-order valence-electron chi connectivity index (χ1n) is 5.82. The Kier molecular flexibility index (Phi) is 5.34. The molecule has 1 unspecified atom stereocenters. The number of para-hydroxylation sites is 1. The third-order valence-electron chi connectivity index (χ3n) is 3.09. The fraction of sp³-hybridized carbons (Fsp3) is 0.462. The number of carboxylic acids is 1. The van der Waals surface area contributed by atoms with Gasteiger partial charge in [-0.2, -0.15) is 11.8 Å². The molecule has 0 saturated heterocycles. The highest BCUT2D eigenvalue weighted by Gasteiger charge is 2.16. The molecule has 0 aliphatic carbocycles. The summed E-state index contributed by atoms with van der Waals surface area (Å²) in [6, 6.07) is 5.44. The summed E-state index contributed by atoms with van der Waals surface area (Å²) in [5.74, 6) is 0.0869. The van der Waals surface area contributed by atoms with Gasteiger partial charge in [0.1, 0.15) is 0 Å². The van der Waals surface area contributed by atoms with E-state index in [4.69, 9.17) is 10.8 Å². The lowest BCUT2D eigenvalue weighted by molar-refractivity contribution is 0.0698. The molecule has 0 amide bonds. The largest absolute Gasteiger partial charge is 0.478 e. The van der Waals surface area contributed by atoms with Gasteiger partial charge in [0.2, 0.25) is 0 Å². The van der Waals surface area contributed by atoms with Gasteiger partial charge in [-0.3, -0.25) is 0 Å². The van der Waals surface area contributed by atoms with Gasteiger partial charge in [-0.1, -0.05) is 6.07 Å². The molecular formula is C13H20N2O2S. The van der Waals surface area contributed by atoms with Crippen molar-refractivity contribution in [1.82, 2.24) is 0 Å². The monoisotopic (exact) mass is 268 g/mol. The number of nitrogen functional groups attached to an aromatic ring is 1. The molecule has 0 fully saturated rings. The SMILES string of the molecule is CSCCC(C)N(C)c1cccc(C(=O)O)c1N. The second kappa shape index (κ2) is 6.54. The van der Waals surface area contributed by atoms with Crippen LogP contribution >= 0.6 is 11.8 Å². The topological polar surface area (TPSA) is 66.6 Å². The van der Waals surface area contributed by atoms with Crippen molar-refractivity contribution in [3.05, 3.63) is 23.8 Å². The van der Waals surface area contributed by atoms with E-state index in [9.17, 15) is 4.79 Å². The maximum absolute atomic E-state index is 11.0. The molecule has 0 spiro atoms. The van der Waals surface area contributed by atoms with Crippen molar-refractivity contribution in [3.63, 3.8) is 0 Å². The van der Waals surface area contributed by atoms with Crippen LogP contribution in [0.3, 0.4) is 0 Å². The predicted octanol–water partition coefficient (Wildman–Crippen LogP) is 2.54. The first-order valence-corrected chi connectivity index (χ1v) is 7.22. The van der Waals surface area contributed by atoms with Gasteiger partial charge in [0.15, 0.2) is 0 Å². The van der Waals surface area contributed by atoms with Crippen molar-refractivity contribution in [2.45, 2.75) is 19.4 Å². The van der Waals surface area contributed by atoms with Crippen LogP contribution in [0.25, 0.3) is 0 Å². The maximum atomic E-state index is 11.0. The molecule has 1 aromatic rings. The van der Waals surface area contributed by atoms with Crippen molar-refractivity contribution in [2.75, 3.05) is 29.7 Å². The van der Waals surface area contributed by atoms with Gasteiger partial charge in [-0.15, -0.1) is 0 Å². The molecule has 0 aromatic heterocycles. The van der Waals surface area contributed by atoms with Crippen LogP contribution in [0.5, 0.6) is 0 Å². The average molecular weight is 268 g/mol. The van der Waals surface area contributed by atoms with Gasteiger partial charge < -0.3 is 15.7 Å². The quantitative estimate of drug-likeness (QED) is 0.776. The number of hydrogen-bond donors (Lipinski definition) is 2. The molecule has 1 aromatic carbocycles.